The van der Waals surface area contributed by atoms with Crippen molar-refractivity contribution in [1.29, 1.82) is 0 Å². The van der Waals surface area contributed by atoms with E-state index in [9.17, 15) is 4.79 Å². The number of alkyl halides is 3. The maximum absolute atomic E-state index is 11.0. The molecule has 1 amide bonds. The Labute approximate surface area is 80.2 Å². The average molecular weight is 216 g/mol. The van der Waals surface area contributed by atoms with Gasteiger partial charge in [0.15, 0.2) is 0 Å². The second-order valence-corrected chi connectivity index (χ2v) is 4.34. The van der Waals surface area contributed by atoms with Crippen LogP contribution >= 0.6 is 34.8 Å². The van der Waals surface area contributed by atoms with Gasteiger partial charge < -0.3 is 5.32 Å². The Hall–Kier alpha value is 0.340. The lowest BCUT2D eigenvalue weighted by Gasteiger charge is -2.18. The van der Waals surface area contributed by atoms with Crippen molar-refractivity contribution < 1.29 is 4.79 Å². The lowest BCUT2D eigenvalue weighted by Crippen LogP contribution is -2.31. The zero-order valence-electron chi connectivity index (χ0n) is 5.90. The lowest BCUT2D eigenvalue weighted by atomic mass is 10.0. The third-order valence-electron chi connectivity index (χ3n) is 1.90. The summed E-state index contributed by atoms with van der Waals surface area (Å²) in [5.41, 5.74) is 0. The monoisotopic (exact) mass is 215 g/mol. The molecule has 11 heavy (non-hydrogen) atoms. The fraction of sp³-hybridized carbons (Fsp3) is 0.833. The molecule has 0 aromatic carbocycles. The third-order valence-corrected chi connectivity index (χ3v) is 3.13. The van der Waals surface area contributed by atoms with Gasteiger partial charge in [0.25, 0.3) is 5.91 Å². The molecule has 5 heteroatoms. The number of rotatable bonds is 1. The van der Waals surface area contributed by atoms with E-state index >= 15 is 0 Å². The highest BCUT2D eigenvalue weighted by molar-refractivity contribution is 6.59. The molecule has 1 N–H and O–H groups in total. The molecular formula is C6H8Cl3NO. The maximum atomic E-state index is 11.0. The van der Waals surface area contributed by atoms with E-state index in [4.69, 9.17) is 34.8 Å². The second kappa shape index (κ2) is 3.00. The molecule has 0 spiro atoms. The quantitative estimate of drug-likeness (QED) is 0.662. The van der Waals surface area contributed by atoms with Crippen LogP contribution in [0.1, 0.15) is 6.92 Å². The SMILES string of the molecule is CC1NC(=O)C(Cl)(Cl)C1CCl. The van der Waals surface area contributed by atoms with E-state index in [1.165, 1.54) is 0 Å². The molecule has 0 aliphatic carbocycles. The molecule has 0 aromatic heterocycles. The van der Waals surface area contributed by atoms with Gasteiger partial charge >= 0.3 is 0 Å². The number of hydrogen-bond acceptors (Lipinski definition) is 1. The fourth-order valence-corrected chi connectivity index (χ4v) is 2.41. The Morgan fingerprint density at radius 2 is 2.18 bits per heavy atom. The van der Waals surface area contributed by atoms with E-state index in [-0.39, 0.29) is 23.7 Å². The largest absolute Gasteiger partial charge is 0.351 e. The molecule has 64 valence electrons. The predicted octanol–water partition coefficient (Wildman–Crippen LogP) is 1.53. The highest BCUT2D eigenvalue weighted by Gasteiger charge is 2.50. The summed E-state index contributed by atoms with van der Waals surface area (Å²) in [7, 11) is 0. The molecule has 0 radical (unpaired) electrons. The van der Waals surface area contributed by atoms with Crippen LogP contribution in [0.15, 0.2) is 0 Å². The summed E-state index contributed by atoms with van der Waals surface area (Å²) in [6, 6.07) is -0.0463. The predicted molar refractivity (Wildman–Crippen MR) is 46.3 cm³/mol. The first-order chi connectivity index (χ1) is 5.00. The standard InChI is InChI=1S/C6H8Cl3NO/c1-3-4(2-7)6(8,9)5(11)10-3/h3-4H,2H2,1H3,(H,10,11). The molecule has 1 heterocycles. The third kappa shape index (κ3) is 1.44. The average Bonchev–Trinajstić information content (AvgIpc) is 2.04. The van der Waals surface area contributed by atoms with Crippen LogP contribution < -0.4 is 5.32 Å². The summed E-state index contributed by atoms with van der Waals surface area (Å²) in [6.07, 6.45) is 0. The molecule has 2 unspecified atom stereocenters. The summed E-state index contributed by atoms with van der Waals surface area (Å²) in [5.74, 6) is -0.272. The van der Waals surface area contributed by atoms with Crippen molar-refractivity contribution in [2.24, 2.45) is 5.92 Å². The second-order valence-electron chi connectivity index (χ2n) is 2.65. The van der Waals surface area contributed by atoms with Gasteiger partial charge in [0.1, 0.15) is 0 Å². The van der Waals surface area contributed by atoms with E-state index in [0.29, 0.717) is 0 Å². The highest BCUT2D eigenvalue weighted by Crippen LogP contribution is 2.38. The van der Waals surface area contributed by atoms with Crippen molar-refractivity contribution in [2.75, 3.05) is 5.88 Å². The van der Waals surface area contributed by atoms with Crippen molar-refractivity contribution >= 4 is 40.7 Å². The number of amides is 1. The molecular weight excluding hydrogens is 208 g/mol. The molecule has 2 nitrogen and oxygen atoms in total. The first kappa shape index (κ1) is 9.43. The summed E-state index contributed by atoms with van der Waals surface area (Å²) in [4.78, 5) is 11.0. The van der Waals surface area contributed by atoms with Crippen LogP contribution in [0.5, 0.6) is 0 Å². The van der Waals surface area contributed by atoms with Gasteiger partial charge in [-0.3, -0.25) is 4.79 Å². The number of carbonyl (C=O) groups is 1. The maximum Gasteiger partial charge on any atom is 0.257 e. The molecule has 1 fully saturated rings. The lowest BCUT2D eigenvalue weighted by molar-refractivity contribution is -0.120. The molecule has 2 atom stereocenters. The number of halogens is 3. The summed E-state index contributed by atoms with van der Waals surface area (Å²) in [6.45, 7) is 1.83. The van der Waals surface area contributed by atoms with Crippen LogP contribution in [0.2, 0.25) is 0 Å². The van der Waals surface area contributed by atoms with E-state index in [0.717, 1.165) is 0 Å². The van der Waals surface area contributed by atoms with Gasteiger partial charge in [-0.1, -0.05) is 23.2 Å². The molecule has 1 rings (SSSR count). The van der Waals surface area contributed by atoms with Crippen molar-refractivity contribution in [2.45, 2.75) is 17.3 Å². The zero-order chi connectivity index (χ0) is 8.65. The van der Waals surface area contributed by atoms with Gasteiger partial charge in [0, 0.05) is 17.8 Å². The van der Waals surface area contributed by atoms with Crippen molar-refractivity contribution in [1.82, 2.24) is 5.32 Å². The fourth-order valence-electron chi connectivity index (χ4n) is 1.12. The Kier molecular flexibility index (Phi) is 2.57. The minimum Gasteiger partial charge on any atom is -0.351 e. The van der Waals surface area contributed by atoms with Crippen molar-refractivity contribution in [3.05, 3.63) is 0 Å². The Morgan fingerprint density at radius 1 is 1.64 bits per heavy atom. The number of carbonyl (C=O) groups excluding carboxylic acids is 1. The van der Waals surface area contributed by atoms with E-state index < -0.39 is 4.33 Å². The van der Waals surface area contributed by atoms with Crippen LogP contribution in [0.3, 0.4) is 0 Å². The Balaban J connectivity index is 2.84. The van der Waals surface area contributed by atoms with Gasteiger partial charge in [-0.25, -0.2) is 0 Å². The van der Waals surface area contributed by atoms with Crippen LogP contribution in [0, 0.1) is 5.92 Å². The van der Waals surface area contributed by atoms with Crippen LogP contribution in [0.4, 0.5) is 0 Å². The minimum absolute atomic E-state index is 0.0463. The van der Waals surface area contributed by atoms with Gasteiger partial charge in [-0.15, -0.1) is 11.6 Å². The Bertz CT molecular complexity index is 183. The first-order valence-corrected chi connectivity index (χ1v) is 4.54. The topological polar surface area (TPSA) is 29.1 Å². The van der Waals surface area contributed by atoms with Gasteiger partial charge in [0.05, 0.1) is 0 Å². The Morgan fingerprint density at radius 3 is 2.36 bits per heavy atom. The molecule has 1 aliphatic rings. The van der Waals surface area contributed by atoms with Crippen LogP contribution in [0.25, 0.3) is 0 Å². The zero-order valence-corrected chi connectivity index (χ0v) is 8.17. The summed E-state index contributed by atoms with van der Waals surface area (Å²) < 4.78 is -1.35. The van der Waals surface area contributed by atoms with Crippen LogP contribution in [-0.4, -0.2) is 22.2 Å². The molecule has 1 aliphatic heterocycles. The molecule has 0 saturated carbocycles. The molecule has 1 saturated heterocycles. The van der Waals surface area contributed by atoms with Crippen molar-refractivity contribution in [3.63, 3.8) is 0 Å². The van der Waals surface area contributed by atoms with Gasteiger partial charge in [-0.2, -0.15) is 0 Å². The molecule has 0 bridgehead atoms. The normalized spacial score (nSPS) is 35.5. The number of hydrogen-bond donors (Lipinski definition) is 1. The van der Waals surface area contributed by atoms with E-state index in [1.54, 1.807) is 0 Å². The van der Waals surface area contributed by atoms with E-state index in [2.05, 4.69) is 5.32 Å². The number of nitrogens with one attached hydrogen (secondary N) is 1. The highest BCUT2D eigenvalue weighted by atomic mass is 35.5. The van der Waals surface area contributed by atoms with Gasteiger partial charge in [-0.05, 0) is 6.92 Å². The van der Waals surface area contributed by atoms with Crippen molar-refractivity contribution in [3.8, 4) is 0 Å². The van der Waals surface area contributed by atoms with Gasteiger partial charge in [0.2, 0.25) is 4.33 Å². The van der Waals surface area contributed by atoms with Crippen LogP contribution in [-0.2, 0) is 4.79 Å². The minimum atomic E-state index is -1.35. The summed E-state index contributed by atoms with van der Waals surface area (Å²) in [5, 5.41) is 2.62. The molecule has 0 aromatic rings. The first-order valence-electron chi connectivity index (χ1n) is 3.25. The summed E-state index contributed by atoms with van der Waals surface area (Å²) >= 11 is 17.1. The smallest absolute Gasteiger partial charge is 0.257 e. The van der Waals surface area contributed by atoms with E-state index in [1.807, 2.05) is 6.92 Å².